The van der Waals surface area contributed by atoms with Gasteiger partial charge in [0, 0.05) is 30.3 Å². The van der Waals surface area contributed by atoms with Gasteiger partial charge in [0.1, 0.15) is 6.33 Å². The summed E-state index contributed by atoms with van der Waals surface area (Å²) < 4.78 is 6.69. The van der Waals surface area contributed by atoms with Crippen LogP contribution in [0.15, 0.2) is 17.2 Å². The number of aromatic nitrogens is 5. The number of carbonyl (C=O) groups excluding carboxylic acids is 2. The lowest BCUT2D eigenvalue weighted by Gasteiger charge is -2.34. The molecule has 2 saturated heterocycles. The first-order chi connectivity index (χ1) is 12.6. The SMILES string of the molecule is COC(=O)[C@@]1(Cc2cscn2)C[C@H]2CC[C@@H]1N2C(=O)CCn1cnnn1. The van der Waals surface area contributed by atoms with Crippen LogP contribution in [0.2, 0.25) is 0 Å². The van der Waals surface area contributed by atoms with Gasteiger partial charge in [0.2, 0.25) is 5.91 Å². The molecule has 2 fully saturated rings. The number of hydrogen-bond acceptors (Lipinski definition) is 8. The van der Waals surface area contributed by atoms with E-state index in [0.29, 0.717) is 25.8 Å². The zero-order chi connectivity index (χ0) is 18.1. The van der Waals surface area contributed by atoms with Crippen LogP contribution < -0.4 is 0 Å². The molecule has 10 heteroatoms. The van der Waals surface area contributed by atoms with Gasteiger partial charge in [-0.25, -0.2) is 9.67 Å². The third kappa shape index (κ3) is 2.77. The topological polar surface area (TPSA) is 103 Å². The molecule has 1 amide bonds. The van der Waals surface area contributed by atoms with Crippen LogP contribution in [0.3, 0.4) is 0 Å². The highest BCUT2D eigenvalue weighted by Crippen LogP contribution is 2.52. The minimum atomic E-state index is -0.698. The predicted molar refractivity (Wildman–Crippen MR) is 91.0 cm³/mol. The van der Waals surface area contributed by atoms with E-state index in [1.54, 1.807) is 10.2 Å². The number of rotatable bonds is 6. The summed E-state index contributed by atoms with van der Waals surface area (Å²) in [6.45, 7) is 0.430. The molecule has 4 heterocycles. The van der Waals surface area contributed by atoms with Gasteiger partial charge < -0.3 is 9.64 Å². The number of aryl methyl sites for hydroxylation is 1. The monoisotopic (exact) mass is 376 g/mol. The van der Waals surface area contributed by atoms with Crippen molar-refractivity contribution >= 4 is 23.2 Å². The molecule has 0 unspecified atom stereocenters. The van der Waals surface area contributed by atoms with Crippen molar-refractivity contribution in [2.45, 2.75) is 50.7 Å². The van der Waals surface area contributed by atoms with Crippen molar-refractivity contribution in [1.82, 2.24) is 30.1 Å². The number of nitrogens with zero attached hydrogens (tertiary/aromatic N) is 6. The van der Waals surface area contributed by atoms with Crippen molar-refractivity contribution in [2.24, 2.45) is 5.41 Å². The van der Waals surface area contributed by atoms with Gasteiger partial charge >= 0.3 is 5.97 Å². The molecule has 0 aliphatic carbocycles. The Morgan fingerprint density at radius 2 is 2.31 bits per heavy atom. The summed E-state index contributed by atoms with van der Waals surface area (Å²) >= 11 is 1.51. The van der Waals surface area contributed by atoms with E-state index in [9.17, 15) is 9.59 Å². The second-order valence-corrected chi connectivity index (χ2v) is 7.60. The van der Waals surface area contributed by atoms with Crippen molar-refractivity contribution in [1.29, 1.82) is 0 Å². The van der Waals surface area contributed by atoms with E-state index in [0.717, 1.165) is 18.5 Å². The molecule has 0 saturated carbocycles. The van der Waals surface area contributed by atoms with Crippen molar-refractivity contribution in [3.63, 3.8) is 0 Å². The summed E-state index contributed by atoms with van der Waals surface area (Å²) in [5.74, 6) is -0.201. The fourth-order valence-corrected chi connectivity index (χ4v) is 5.07. The largest absolute Gasteiger partial charge is 0.469 e. The predicted octanol–water partition coefficient (Wildman–Crippen LogP) is 0.685. The summed E-state index contributed by atoms with van der Waals surface area (Å²) in [7, 11) is 1.42. The van der Waals surface area contributed by atoms with E-state index in [1.807, 2.05) is 10.3 Å². The molecule has 0 spiro atoms. The maximum Gasteiger partial charge on any atom is 0.314 e. The van der Waals surface area contributed by atoms with Gasteiger partial charge in [-0.15, -0.1) is 16.4 Å². The summed E-state index contributed by atoms with van der Waals surface area (Å²) in [6, 6.07) is -0.0536. The Balaban J connectivity index is 1.54. The lowest BCUT2D eigenvalue weighted by atomic mass is 9.71. The maximum atomic E-state index is 12.9. The molecule has 26 heavy (non-hydrogen) atoms. The van der Waals surface area contributed by atoms with E-state index in [1.165, 1.54) is 24.8 Å². The number of esters is 1. The molecule has 0 aromatic carbocycles. The van der Waals surface area contributed by atoms with Gasteiger partial charge in [-0.05, 0) is 29.7 Å². The van der Waals surface area contributed by atoms with Gasteiger partial charge in [0.05, 0.1) is 30.3 Å². The number of methoxy groups -OCH3 is 1. The Bertz CT molecular complexity index is 780. The Morgan fingerprint density at radius 3 is 3.00 bits per heavy atom. The van der Waals surface area contributed by atoms with Gasteiger partial charge in [-0.2, -0.15) is 0 Å². The molecule has 4 rings (SSSR count). The average molecular weight is 376 g/mol. The fraction of sp³-hybridized carbons (Fsp3) is 0.625. The highest BCUT2D eigenvalue weighted by molar-refractivity contribution is 7.07. The lowest BCUT2D eigenvalue weighted by Crippen LogP contribution is -2.47. The Kier molecular flexibility index (Phi) is 4.43. The first kappa shape index (κ1) is 17.1. The number of carbonyl (C=O) groups is 2. The molecule has 0 radical (unpaired) electrons. The third-order valence-corrected chi connectivity index (χ3v) is 6.18. The molecule has 2 aliphatic rings. The molecule has 2 aromatic heterocycles. The van der Waals surface area contributed by atoms with E-state index in [4.69, 9.17) is 4.74 Å². The van der Waals surface area contributed by atoms with E-state index in [-0.39, 0.29) is 24.0 Å². The quantitative estimate of drug-likeness (QED) is 0.683. The molecule has 3 atom stereocenters. The maximum absolute atomic E-state index is 12.9. The molecule has 2 aliphatic heterocycles. The van der Waals surface area contributed by atoms with Gasteiger partial charge in [-0.3, -0.25) is 9.59 Å². The van der Waals surface area contributed by atoms with Crippen LogP contribution in [0.4, 0.5) is 0 Å². The molecular weight excluding hydrogens is 356 g/mol. The van der Waals surface area contributed by atoms with Crippen LogP contribution >= 0.6 is 11.3 Å². The summed E-state index contributed by atoms with van der Waals surface area (Å²) in [6.07, 6.45) is 4.70. The normalized spacial score (nSPS) is 27.0. The van der Waals surface area contributed by atoms with Crippen LogP contribution in [-0.4, -0.2) is 61.2 Å². The smallest absolute Gasteiger partial charge is 0.314 e. The molecule has 2 aromatic rings. The van der Waals surface area contributed by atoms with Crippen molar-refractivity contribution in [2.75, 3.05) is 7.11 Å². The zero-order valence-electron chi connectivity index (χ0n) is 14.4. The van der Waals surface area contributed by atoms with Crippen LogP contribution in [0.5, 0.6) is 0 Å². The lowest BCUT2D eigenvalue weighted by molar-refractivity contribution is -0.155. The number of ether oxygens (including phenoxy) is 1. The molecular formula is C16H20N6O3S. The van der Waals surface area contributed by atoms with Crippen molar-refractivity contribution in [3.8, 4) is 0 Å². The standard InChI is InChI=1S/C16H20N6O3S/c1-25-15(24)16(6-11-8-26-10-17-11)7-12-2-3-13(16)22(12)14(23)4-5-21-9-18-19-20-21/h8-10,12-13H,2-7H2,1H3/t12-,13+,16+/m1/s1. The zero-order valence-corrected chi connectivity index (χ0v) is 15.3. The summed E-state index contributed by atoms with van der Waals surface area (Å²) in [5, 5.41) is 12.9. The minimum absolute atomic E-state index is 0.0389. The number of fused-ring (bicyclic) bond motifs is 2. The second-order valence-electron chi connectivity index (χ2n) is 6.88. The van der Waals surface area contributed by atoms with E-state index < -0.39 is 5.41 Å². The summed E-state index contributed by atoms with van der Waals surface area (Å²) in [5.41, 5.74) is 1.95. The second kappa shape index (κ2) is 6.75. The van der Waals surface area contributed by atoms with Gasteiger partial charge in [-0.1, -0.05) is 0 Å². The Hall–Kier alpha value is -2.36. The number of tetrazole rings is 1. The highest BCUT2D eigenvalue weighted by atomic mass is 32.1. The van der Waals surface area contributed by atoms with Gasteiger partial charge in [0.25, 0.3) is 0 Å². The average Bonchev–Trinajstić information content (AvgIpc) is 3.42. The molecule has 9 nitrogen and oxygen atoms in total. The van der Waals surface area contributed by atoms with E-state index in [2.05, 4.69) is 20.5 Å². The highest BCUT2D eigenvalue weighted by Gasteiger charge is 2.61. The van der Waals surface area contributed by atoms with Gasteiger partial charge in [0.15, 0.2) is 0 Å². The van der Waals surface area contributed by atoms with E-state index >= 15 is 0 Å². The Labute approximate surface area is 154 Å². The van der Waals surface area contributed by atoms with Crippen molar-refractivity contribution in [3.05, 3.63) is 22.9 Å². The molecule has 0 N–H and O–H groups in total. The van der Waals surface area contributed by atoms with Crippen LogP contribution in [0.25, 0.3) is 0 Å². The first-order valence-corrected chi connectivity index (χ1v) is 9.56. The van der Waals surface area contributed by atoms with Crippen molar-refractivity contribution < 1.29 is 14.3 Å². The molecule has 2 bridgehead atoms. The fourth-order valence-electron chi connectivity index (χ4n) is 4.51. The van der Waals surface area contributed by atoms with Crippen LogP contribution in [0, 0.1) is 5.41 Å². The van der Waals surface area contributed by atoms with Crippen LogP contribution in [0.1, 0.15) is 31.4 Å². The third-order valence-electron chi connectivity index (χ3n) is 5.55. The molecule has 138 valence electrons. The van der Waals surface area contributed by atoms with Crippen LogP contribution in [-0.2, 0) is 27.3 Å². The Morgan fingerprint density at radius 1 is 1.42 bits per heavy atom. The summed E-state index contributed by atoms with van der Waals surface area (Å²) in [4.78, 5) is 31.9. The minimum Gasteiger partial charge on any atom is -0.469 e. The number of amides is 1. The number of thiazole rings is 1. The first-order valence-electron chi connectivity index (χ1n) is 8.61. The number of hydrogen-bond donors (Lipinski definition) is 0.